The highest BCUT2D eigenvalue weighted by molar-refractivity contribution is 7.89. The summed E-state index contributed by atoms with van der Waals surface area (Å²) in [7, 11) is 0.431. The summed E-state index contributed by atoms with van der Waals surface area (Å²) in [5.41, 5.74) is 6.99. The van der Waals surface area contributed by atoms with Crippen LogP contribution < -0.4 is 9.62 Å². The minimum absolute atomic E-state index is 0.0594. The summed E-state index contributed by atoms with van der Waals surface area (Å²) < 4.78 is 29.1. The number of aryl methyl sites for hydroxylation is 2. The third-order valence-electron chi connectivity index (χ3n) is 6.65. The van der Waals surface area contributed by atoms with Crippen molar-refractivity contribution in [2.24, 2.45) is 0 Å². The molecule has 0 aliphatic carbocycles. The number of hydrogen-bond acceptors (Lipinski definition) is 4. The van der Waals surface area contributed by atoms with Gasteiger partial charge in [0.1, 0.15) is 0 Å². The van der Waals surface area contributed by atoms with Crippen molar-refractivity contribution >= 4 is 15.7 Å². The predicted molar refractivity (Wildman–Crippen MR) is 135 cm³/mol. The summed E-state index contributed by atoms with van der Waals surface area (Å²) in [4.78, 5) is 4.77. The van der Waals surface area contributed by atoms with Gasteiger partial charge >= 0.3 is 0 Å². The van der Waals surface area contributed by atoms with E-state index in [0.29, 0.717) is 11.4 Å². The lowest BCUT2D eigenvalue weighted by Gasteiger charge is -2.36. The molecular formula is C27H33N3O2S. The lowest BCUT2D eigenvalue weighted by molar-refractivity contribution is 0.180. The molecule has 1 heterocycles. The van der Waals surface area contributed by atoms with Gasteiger partial charge in [0.2, 0.25) is 10.0 Å². The Hall–Kier alpha value is -2.67. The molecule has 0 saturated heterocycles. The lowest BCUT2D eigenvalue weighted by atomic mass is 9.96. The highest BCUT2D eigenvalue weighted by Crippen LogP contribution is 2.29. The number of benzene rings is 3. The average Bonchev–Trinajstić information content (AvgIpc) is 2.81. The van der Waals surface area contributed by atoms with E-state index in [0.717, 1.165) is 41.9 Å². The normalized spacial score (nSPS) is 15.2. The van der Waals surface area contributed by atoms with Gasteiger partial charge in [0.15, 0.2) is 0 Å². The van der Waals surface area contributed by atoms with Crippen molar-refractivity contribution in [1.82, 2.24) is 9.62 Å². The Morgan fingerprint density at radius 3 is 2.30 bits per heavy atom. The van der Waals surface area contributed by atoms with Crippen LogP contribution in [0.5, 0.6) is 0 Å². The Labute approximate surface area is 198 Å². The predicted octanol–water partition coefficient (Wildman–Crippen LogP) is 4.45. The fourth-order valence-electron chi connectivity index (χ4n) is 4.39. The highest BCUT2D eigenvalue weighted by atomic mass is 32.2. The maximum atomic E-state index is 13.1. The monoisotopic (exact) mass is 463 g/mol. The van der Waals surface area contributed by atoms with Crippen LogP contribution in [0.4, 0.5) is 5.69 Å². The zero-order chi connectivity index (χ0) is 23.6. The summed E-state index contributed by atoms with van der Waals surface area (Å²) in [6.07, 6.45) is 0.965. The summed E-state index contributed by atoms with van der Waals surface area (Å²) in [5, 5.41) is 0. The number of anilines is 1. The first kappa shape index (κ1) is 23.5. The SMILES string of the molecule is Cc1ccc(S(=O)(=O)NCC(c2ccc(N(C)C)cc2)N2CCc3ccccc3C2)cc1C. The van der Waals surface area contributed by atoms with Crippen molar-refractivity contribution in [1.29, 1.82) is 0 Å². The molecule has 0 amide bonds. The van der Waals surface area contributed by atoms with Gasteiger partial charge in [0.05, 0.1) is 4.90 Å². The molecular weight excluding hydrogens is 430 g/mol. The van der Waals surface area contributed by atoms with E-state index >= 15 is 0 Å². The Morgan fingerprint density at radius 2 is 1.64 bits per heavy atom. The van der Waals surface area contributed by atoms with Crippen LogP contribution in [0, 0.1) is 13.8 Å². The number of rotatable bonds is 7. The second kappa shape index (κ2) is 9.67. The molecule has 4 rings (SSSR count). The minimum atomic E-state index is -3.61. The summed E-state index contributed by atoms with van der Waals surface area (Å²) in [6, 6.07) is 22.2. The average molecular weight is 464 g/mol. The van der Waals surface area contributed by atoms with Crippen LogP contribution in [0.1, 0.15) is 33.9 Å². The number of sulfonamides is 1. The van der Waals surface area contributed by atoms with Gasteiger partial charge in [-0.05, 0) is 72.4 Å². The molecule has 0 bridgehead atoms. The van der Waals surface area contributed by atoms with Crippen molar-refractivity contribution in [3.63, 3.8) is 0 Å². The van der Waals surface area contributed by atoms with Gasteiger partial charge in [-0.15, -0.1) is 0 Å². The summed E-state index contributed by atoms with van der Waals surface area (Å²) in [6.45, 7) is 5.94. The van der Waals surface area contributed by atoms with E-state index in [1.807, 2.05) is 34.0 Å². The molecule has 3 aromatic carbocycles. The molecule has 1 aliphatic heterocycles. The molecule has 0 spiro atoms. The Bertz CT molecular complexity index is 1220. The van der Waals surface area contributed by atoms with Crippen molar-refractivity contribution in [2.45, 2.75) is 37.8 Å². The van der Waals surface area contributed by atoms with Crippen LogP contribution in [0.3, 0.4) is 0 Å². The zero-order valence-electron chi connectivity index (χ0n) is 19.9. The van der Waals surface area contributed by atoms with E-state index in [-0.39, 0.29) is 6.04 Å². The van der Waals surface area contributed by atoms with E-state index in [1.54, 1.807) is 12.1 Å². The van der Waals surface area contributed by atoms with Gasteiger partial charge in [-0.3, -0.25) is 4.90 Å². The first-order valence-electron chi connectivity index (χ1n) is 11.4. The molecule has 0 saturated carbocycles. The minimum Gasteiger partial charge on any atom is -0.378 e. The molecule has 0 aromatic heterocycles. The van der Waals surface area contributed by atoms with E-state index in [4.69, 9.17) is 0 Å². The Morgan fingerprint density at radius 1 is 0.939 bits per heavy atom. The van der Waals surface area contributed by atoms with Crippen molar-refractivity contribution in [3.8, 4) is 0 Å². The van der Waals surface area contributed by atoms with E-state index < -0.39 is 10.0 Å². The topological polar surface area (TPSA) is 52.7 Å². The van der Waals surface area contributed by atoms with Gasteiger partial charge in [-0.2, -0.15) is 0 Å². The van der Waals surface area contributed by atoms with Gasteiger partial charge in [-0.1, -0.05) is 42.5 Å². The number of nitrogens with one attached hydrogen (secondary N) is 1. The molecule has 1 N–H and O–H groups in total. The van der Waals surface area contributed by atoms with Gasteiger partial charge in [0.25, 0.3) is 0 Å². The molecule has 174 valence electrons. The van der Waals surface area contributed by atoms with Crippen molar-refractivity contribution in [3.05, 3.63) is 94.5 Å². The molecule has 3 aromatic rings. The fraction of sp³-hybridized carbons (Fsp3) is 0.333. The molecule has 1 atom stereocenters. The molecule has 1 unspecified atom stereocenters. The van der Waals surface area contributed by atoms with E-state index in [1.165, 1.54) is 11.1 Å². The third-order valence-corrected chi connectivity index (χ3v) is 8.07. The lowest BCUT2D eigenvalue weighted by Crippen LogP contribution is -2.40. The standard InChI is InChI=1S/C27H33N3O2S/c1-20-9-14-26(17-21(20)2)33(31,32)28-18-27(23-10-12-25(13-11-23)29(3)4)30-16-15-22-7-5-6-8-24(22)19-30/h5-14,17,27-28H,15-16,18-19H2,1-4H3. The fourth-order valence-corrected chi connectivity index (χ4v) is 5.51. The third kappa shape index (κ3) is 5.29. The number of hydrogen-bond donors (Lipinski definition) is 1. The van der Waals surface area contributed by atoms with E-state index in [9.17, 15) is 8.42 Å². The second-order valence-corrected chi connectivity index (χ2v) is 10.9. The molecule has 5 nitrogen and oxygen atoms in total. The van der Waals surface area contributed by atoms with Crippen LogP contribution in [0.15, 0.2) is 71.6 Å². The maximum absolute atomic E-state index is 13.1. The summed E-state index contributed by atoms with van der Waals surface area (Å²) in [5.74, 6) is 0. The van der Waals surface area contributed by atoms with Crippen LogP contribution in [-0.4, -0.2) is 40.5 Å². The first-order valence-corrected chi connectivity index (χ1v) is 12.9. The van der Waals surface area contributed by atoms with Crippen molar-refractivity contribution < 1.29 is 8.42 Å². The molecule has 6 heteroatoms. The van der Waals surface area contributed by atoms with E-state index in [2.05, 4.69) is 63.1 Å². The van der Waals surface area contributed by atoms with Crippen LogP contribution in [-0.2, 0) is 23.0 Å². The molecule has 0 radical (unpaired) electrons. The molecule has 1 aliphatic rings. The quantitative estimate of drug-likeness (QED) is 0.563. The van der Waals surface area contributed by atoms with Crippen LogP contribution >= 0.6 is 0 Å². The highest BCUT2D eigenvalue weighted by Gasteiger charge is 2.27. The van der Waals surface area contributed by atoms with Crippen LogP contribution in [0.2, 0.25) is 0 Å². The number of nitrogens with zero attached hydrogens (tertiary/aromatic N) is 2. The number of fused-ring (bicyclic) bond motifs is 1. The first-order chi connectivity index (χ1) is 15.7. The molecule has 33 heavy (non-hydrogen) atoms. The molecule has 0 fully saturated rings. The largest absolute Gasteiger partial charge is 0.378 e. The van der Waals surface area contributed by atoms with Gasteiger partial charge in [-0.25, -0.2) is 13.1 Å². The van der Waals surface area contributed by atoms with Crippen LogP contribution in [0.25, 0.3) is 0 Å². The van der Waals surface area contributed by atoms with Gasteiger partial charge < -0.3 is 4.90 Å². The van der Waals surface area contributed by atoms with Crippen molar-refractivity contribution in [2.75, 3.05) is 32.1 Å². The zero-order valence-corrected chi connectivity index (χ0v) is 20.7. The smallest absolute Gasteiger partial charge is 0.240 e. The Kier molecular flexibility index (Phi) is 6.88. The second-order valence-electron chi connectivity index (χ2n) is 9.09. The maximum Gasteiger partial charge on any atom is 0.240 e. The van der Waals surface area contributed by atoms with Gasteiger partial charge in [0, 0.05) is 45.5 Å². The Balaban J connectivity index is 1.60. The summed E-state index contributed by atoms with van der Waals surface area (Å²) >= 11 is 0.